The molecule has 0 aromatic carbocycles. The molecule has 0 spiro atoms. The van der Waals surface area contributed by atoms with E-state index in [4.69, 9.17) is 4.98 Å². The zero-order chi connectivity index (χ0) is 14.4. The van der Waals surface area contributed by atoms with Gasteiger partial charge in [0, 0.05) is 0 Å². The molecule has 0 atom stereocenters. The quantitative estimate of drug-likeness (QED) is 0.329. The van der Waals surface area contributed by atoms with Gasteiger partial charge in [-0.3, -0.25) is 0 Å². The first-order chi connectivity index (χ1) is 10.2. The first-order valence-corrected chi connectivity index (χ1v) is 10.8. The molecule has 0 aliphatic heterocycles. The Morgan fingerprint density at radius 1 is 0.905 bits per heavy atom. The fourth-order valence-electron chi connectivity index (χ4n) is 2.13. The summed E-state index contributed by atoms with van der Waals surface area (Å²) in [5.74, 6) is 0. The Balaban J connectivity index is 1.96. The summed E-state index contributed by atoms with van der Waals surface area (Å²) in [6, 6.07) is 8.40. The number of fused-ring (bicyclic) bond motifs is 1. The third-order valence-corrected chi connectivity index (χ3v) is 8.07. The summed E-state index contributed by atoms with van der Waals surface area (Å²) in [5, 5.41) is 1.19. The average molecular weight is 505 g/mol. The molecule has 0 radical (unpaired) electrons. The zero-order valence-corrected chi connectivity index (χ0v) is 16.9. The second kappa shape index (κ2) is 5.72. The van der Waals surface area contributed by atoms with Gasteiger partial charge in [0.1, 0.15) is 0 Å². The summed E-state index contributed by atoms with van der Waals surface area (Å²) in [6.45, 7) is 0. The van der Waals surface area contributed by atoms with Crippen molar-refractivity contribution in [3.63, 3.8) is 0 Å². The van der Waals surface area contributed by atoms with Gasteiger partial charge in [-0.05, 0) is 0 Å². The molecule has 0 bridgehead atoms. The number of rotatable bonds is 2. The van der Waals surface area contributed by atoms with E-state index in [0.29, 0.717) is 0 Å². The fourth-order valence-corrected chi connectivity index (χ4v) is 6.70. The van der Waals surface area contributed by atoms with Crippen molar-refractivity contribution in [3.05, 3.63) is 44.2 Å². The molecule has 4 rings (SSSR count). The van der Waals surface area contributed by atoms with E-state index < -0.39 is 0 Å². The van der Waals surface area contributed by atoms with Crippen molar-refractivity contribution in [1.82, 2.24) is 8.96 Å². The van der Waals surface area contributed by atoms with Crippen LogP contribution in [0.2, 0.25) is 0 Å². The van der Waals surface area contributed by atoms with Crippen LogP contribution in [0.4, 0.5) is 0 Å². The van der Waals surface area contributed by atoms with E-state index >= 15 is 0 Å². The van der Waals surface area contributed by atoms with Crippen molar-refractivity contribution in [3.8, 4) is 21.0 Å². The van der Waals surface area contributed by atoms with Gasteiger partial charge in [0.15, 0.2) is 0 Å². The van der Waals surface area contributed by atoms with Crippen LogP contribution in [0.1, 0.15) is 0 Å². The van der Waals surface area contributed by atoms with Gasteiger partial charge in [0.05, 0.1) is 0 Å². The van der Waals surface area contributed by atoms with E-state index in [9.17, 15) is 0 Å². The van der Waals surface area contributed by atoms with E-state index in [0.717, 1.165) is 13.3 Å². The summed E-state index contributed by atoms with van der Waals surface area (Å²) in [4.78, 5) is 7.15. The van der Waals surface area contributed by atoms with Crippen molar-refractivity contribution in [2.24, 2.45) is 0 Å². The van der Waals surface area contributed by atoms with Gasteiger partial charge in [-0.1, -0.05) is 0 Å². The fraction of sp³-hybridized carbons (Fsp3) is 0. The normalized spacial score (nSPS) is 11.3. The van der Waals surface area contributed by atoms with Gasteiger partial charge in [-0.25, -0.2) is 0 Å². The maximum absolute atomic E-state index is 4.72. The topological polar surface area (TPSA) is 25.8 Å². The molecular weight excluding hydrogens is 499 g/mol. The summed E-state index contributed by atoms with van der Waals surface area (Å²) >= 11 is 10.6. The van der Waals surface area contributed by atoms with Crippen LogP contribution >= 0.6 is 54.5 Å². The Labute approximate surface area is 152 Å². The molecule has 7 heteroatoms. The zero-order valence-electron chi connectivity index (χ0n) is 10.3. The molecule has 4 aromatic heterocycles. The van der Waals surface area contributed by atoms with Crippen molar-refractivity contribution < 1.29 is 0 Å². The molecule has 0 saturated heterocycles. The summed E-state index contributed by atoms with van der Waals surface area (Å²) in [7, 11) is 0. The molecule has 21 heavy (non-hydrogen) atoms. The molecule has 0 aliphatic carbocycles. The number of hydrogen-bond donors (Lipinski definition) is 0. The Hall–Kier alpha value is -0.301. The maximum atomic E-state index is 4.72. The number of nitrogens with zero attached hydrogens (tertiary/aromatic N) is 2. The third-order valence-electron chi connectivity index (χ3n) is 3.04. The average Bonchev–Trinajstić information content (AvgIpc) is 3.18. The first kappa shape index (κ1) is 14.3. The number of halogens is 2. The molecule has 0 saturated carbocycles. The van der Waals surface area contributed by atoms with Crippen LogP contribution in [0.5, 0.6) is 0 Å². The van der Waals surface area contributed by atoms with Gasteiger partial charge in [0.25, 0.3) is 0 Å². The summed E-state index contributed by atoms with van der Waals surface area (Å²) < 4.78 is 8.13. The molecule has 2 nitrogen and oxygen atoms in total. The molecule has 0 N–H and O–H groups in total. The van der Waals surface area contributed by atoms with Gasteiger partial charge in [0.2, 0.25) is 0 Å². The third kappa shape index (κ3) is 2.60. The van der Waals surface area contributed by atoms with Crippen LogP contribution < -0.4 is 0 Å². The van der Waals surface area contributed by atoms with Crippen LogP contribution in [-0.4, -0.2) is 23.7 Å². The van der Waals surface area contributed by atoms with Crippen LogP contribution in [-0.2, 0) is 0 Å². The van der Waals surface area contributed by atoms with E-state index in [2.05, 4.69) is 60.1 Å². The summed E-state index contributed by atoms with van der Waals surface area (Å²) in [5.41, 5.74) is 2.26. The van der Waals surface area contributed by atoms with Crippen molar-refractivity contribution in [2.75, 3.05) is 0 Å². The second-order valence-electron chi connectivity index (χ2n) is 4.30. The molecule has 0 amide bonds. The van der Waals surface area contributed by atoms with Crippen molar-refractivity contribution in [2.45, 2.75) is 0 Å². The Morgan fingerprint density at radius 3 is 2.29 bits per heavy atom. The number of pyridine rings is 1. The van der Waals surface area contributed by atoms with Gasteiger partial charge >= 0.3 is 153 Å². The number of hydrogen-bond acceptors (Lipinski definition) is 4. The van der Waals surface area contributed by atoms with E-state index in [1.54, 1.807) is 22.7 Å². The molecule has 0 fully saturated rings. The summed E-state index contributed by atoms with van der Waals surface area (Å²) in [6.07, 6.45) is 3.98. The number of aromatic nitrogens is 2. The van der Waals surface area contributed by atoms with E-state index in [-0.39, 0.29) is 14.7 Å². The first-order valence-electron chi connectivity index (χ1n) is 5.97. The standard InChI is InChI=1S/C14H6Br2N2S2Se/c15-11-3-1-9(19-11)7-5-17-13(8-6-18-21-14(7)8)10-2-4-12(16)20-10/h1-6H. The van der Waals surface area contributed by atoms with E-state index in [1.165, 1.54) is 25.0 Å². The van der Waals surface area contributed by atoms with Crippen molar-refractivity contribution in [1.29, 1.82) is 0 Å². The van der Waals surface area contributed by atoms with Gasteiger partial charge < -0.3 is 0 Å². The molecule has 4 aromatic rings. The minimum absolute atomic E-state index is 0.146. The Bertz CT molecular complexity index is 867. The minimum atomic E-state index is 0.146. The van der Waals surface area contributed by atoms with Crippen LogP contribution in [0, 0.1) is 0 Å². The monoisotopic (exact) mass is 504 g/mol. The predicted octanol–water partition coefficient (Wildman–Crippen LogP) is 5.67. The van der Waals surface area contributed by atoms with Crippen LogP contribution in [0.15, 0.2) is 44.2 Å². The molecule has 104 valence electrons. The SMILES string of the molecule is Brc1ccc(-c2ncc(-c3ccc(Br)s3)c3[se]ncc23)s1. The van der Waals surface area contributed by atoms with E-state index in [1.807, 2.05) is 12.4 Å². The Kier molecular flexibility index (Phi) is 3.90. The Morgan fingerprint density at radius 2 is 1.62 bits per heavy atom. The van der Waals surface area contributed by atoms with Crippen molar-refractivity contribution >= 4 is 78.9 Å². The van der Waals surface area contributed by atoms with Crippen LogP contribution in [0.3, 0.4) is 0 Å². The molecular formula is C14H6Br2N2S2Se. The van der Waals surface area contributed by atoms with Crippen LogP contribution in [0.25, 0.3) is 30.7 Å². The van der Waals surface area contributed by atoms with Gasteiger partial charge in [-0.2, -0.15) is 0 Å². The second-order valence-corrected chi connectivity index (χ2v) is 10.9. The number of thiophene rings is 2. The molecule has 0 unspecified atom stereocenters. The predicted molar refractivity (Wildman–Crippen MR) is 98.5 cm³/mol. The van der Waals surface area contributed by atoms with Gasteiger partial charge in [-0.15, -0.1) is 0 Å². The molecule has 0 aliphatic rings. The molecule has 4 heterocycles.